The number of halogens is 3. The highest BCUT2D eigenvalue weighted by atomic mass is 19.3. The maximum Gasteiger partial charge on any atom is 0.274 e. The molecule has 2 atom stereocenters. The molecule has 0 amide bonds. The number of hydrogen-bond donors (Lipinski definition) is 1. The molecule has 21 heavy (non-hydrogen) atoms. The van der Waals surface area contributed by atoms with Crippen molar-refractivity contribution in [3.05, 3.63) is 35.1 Å². The minimum absolute atomic E-state index is 0.305. The molecular formula is C17H21F3O. The molecular weight excluding hydrogens is 277 g/mol. The van der Waals surface area contributed by atoms with Crippen LogP contribution in [0.1, 0.15) is 55.6 Å². The second-order valence-corrected chi connectivity index (χ2v) is 6.85. The third kappa shape index (κ3) is 2.48. The molecule has 0 saturated heterocycles. The normalized spacial score (nSPS) is 30.7. The summed E-state index contributed by atoms with van der Waals surface area (Å²) in [5, 5.41) is 10.1. The van der Waals surface area contributed by atoms with Gasteiger partial charge in [0.25, 0.3) is 5.92 Å². The monoisotopic (exact) mass is 298 g/mol. The Hall–Kier alpha value is -1.03. The van der Waals surface area contributed by atoms with E-state index in [1.807, 2.05) is 0 Å². The van der Waals surface area contributed by atoms with E-state index in [0.717, 1.165) is 18.4 Å². The zero-order valence-corrected chi connectivity index (χ0v) is 12.2. The average molecular weight is 298 g/mol. The lowest BCUT2D eigenvalue weighted by Crippen LogP contribution is -2.51. The molecule has 0 radical (unpaired) electrons. The summed E-state index contributed by atoms with van der Waals surface area (Å²) in [5.74, 6) is -3.67. The third-order valence-electron chi connectivity index (χ3n) is 5.40. The maximum atomic E-state index is 14.3. The highest BCUT2D eigenvalue weighted by Crippen LogP contribution is 2.57. The first-order valence-electron chi connectivity index (χ1n) is 7.66. The Morgan fingerprint density at radius 1 is 1.14 bits per heavy atom. The molecule has 1 N–H and O–H groups in total. The van der Waals surface area contributed by atoms with Crippen molar-refractivity contribution in [2.45, 2.75) is 63.4 Å². The number of aliphatic hydroxyl groups is 1. The van der Waals surface area contributed by atoms with Crippen LogP contribution in [-0.2, 0) is 0 Å². The standard InChI is InChI=1S/C17H21F3O/c1-11-8-12(4-5-14(11)18)13-9-16(6-2-3-7-16)15(21)17(19,20)10-13/h4-5,8,13,15,21H,2-3,6-7,9-10H2,1H3/t13-,15-/m1/s1. The molecule has 2 fully saturated rings. The molecule has 0 unspecified atom stereocenters. The molecule has 3 rings (SSSR count). The Bertz CT molecular complexity index is 535. The van der Waals surface area contributed by atoms with Crippen molar-refractivity contribution in [1.29, 1.82) is 0 Å². The zero-order chi connectivity index (χ0) is 15.3. The van der Waals surface area contributed by atoms with Gasteiger partial charge < -0.3 is 5.11 Å². The summed E-state index contributed by atoms with van der Waals surface area (Å²) < 4.78 is 42.0. The van der Waals surface area contributed by atoms with Crippen LogP contribution in [0.15, 0.2) is 18.2 Å². The highest BCUT2D eigenvalue weighted by Gasteiger charge is 2.58. The van der Waals surface area contributed by atoms with Crippen molar-refractivity contribution in [3.8, 4) is 0 Å². The largest absolute Gasteiger partial charge is 0.386 e. The van der Waals surface area contributed by atoms with Gasteiger partial charge in [0.05, 0.1) is 0 Å². The number of benzene rings is 1. The lowest BCUT2D eigenvalue weighted by atomic mass is 9.63. The lowest BCUT2D eigenvalue weighted by Gasteiger charge is -2.46. The van der Waals surface area contributed by atoms with Crippen molar-refractivity contribution in [2.75, 3.05) is 0 Å². The van der Waals surface area contributed by atoms with E-state index in [-0.39, 0.29) is 18.2 Å². The van der Waals surface area contributed by atoms with Crippen molar-refractivity contribution < 1.29 is 18.3 Å². The number of hydrogen-bond acceptors (Lipinski definition) is 1. The number of aryl methyl sites for hydroxylation is 1. The quantitative estimate of drug-likeness (QED) is 0.805. The Kier molecular flexibility index (Phi) is 3.55. The summed E-state index contributed by atoms with van der Waals surface area (Å²) in [6.45, 7) is 1.65. The predicted molar refractivity (Wildman–Crippen MR) is 75.0 cm³/mol. The van der Waals surface area contributed by atoms with E-state index in [0.29, 0.717) is 24.8 Å². The van der Waals surface area contributed by atoms with E-state index in [2.05, 4.69) is 0 Å². The van der Waals surface area contributed by atoms with Crippen LogP contribution < -0.4 is 0 Å². The molecule has 0 aliphatic heterocycles. The van der Waals surface area contributed by atoms with Crippen LogP contribution in [0.5, 0.6) is 0 Å². The molecule has 1 aromatic rings. The van der Waals surface area contributed by atoms with Crippen LogP contribution in [0.4, 0.5) is 13.2 Å². The van der Waals surface area contributed by atoms with Crippen LogP contribution >= 0.6 is 0 Å². The SMILES string of the molecule is Cc1cc([C@H]2CC(F)(F)[C@H](O)C3(CCCC3)C2)ccc1F. The van der Waals surface area contributed by atoms with Gasteiger partial charge in [0.15, 0.2) is 0 Å². The summed E-state index contributed by atoms with van der Waals surface area (Å²) >= 11 is 0. The molecule has 0 heterocycles. The van der Waals surface area contributed by atoms with Gasteiger partial charge in [0.2, 0.25) is 0 Å². The second-order valence-electron chi connectivity index (χ2n) is 6.85. The fourth-order valence-electron chi connectivity index (χ4n) is 4.28. The molecule has 4 heteroatoms. The van der Waals surface area contributed by atoms with Gasteiger partial charge in [-0.2, -0.15) is 0 Å². The van der Waals surface area contributed by atoms with Crippen LogP contribution in [0.2, 0.25) is 0 Å². The summed E-state index contributed by atoms with van der Waals surface area (Å²) in [6, 6.07) is 4.65. The Labute approximate surface area is 123 Å². The van der Waals surface area contributed by atoms with E-state index < -0.39 is 17.4 Å². The van der Waals surface area contributed by atoms with E-state index in [1.54, 1.807) is 19.1 Å². The fraction of sp³-hybridized carbons (Fsp3) is 0.647. The maximum absolute atomic E-state index is 14.3. The minimum Gasteiger partial charge on any atom is -0.386 e. The van der Waals surface area contributed by atoms with Gasteiger partial charge in [0, 0.05) is 11.8 Å². The Morgan fingerprint density at radius 3 is 2.43 bits per heavy atom. The Balaban J connectivity index is 1.94. The van der Waals surface area contributed by atoms with Gasteiger partial charge in [-0.1, -0.05) is 25.0 Å². The van der Waals surface area contributed by atoms with Crippen LogP contribution in [0, 0.1) is 18.2 Å². The van der Waals surface area contributed by atoms with E-state index >= 15 is 0 Å². The van der Waals surface area contributed by atoms with Crippen molar-refractivity contribution in [2.24, 2.45) is 5.41 Å². The average Bonchev–Trinajstić information content (AvgIpc) is 2.88. The summed E-state index contributed by atoms with van der Waals surface area (Å²) in [7, 11) is 0. The van der Waals surface area contributed by atoms with Gasteiger partial charge in [-0.15, -0.1) is 0 Å². The van der Waals surface area contributed by atoms with Crippen molar-refractivity contribution >= 4 is 0 Å². The van der Waals surface area contributed by atoms with Crippen LogP contribution in [0.3, 0.4) is 0 Å². The minimum atomic E-state index is -3.06. The molecule has 2 aliphatic carbocycles. The third-order valence-corrected chi connectivity index (χ3v) is 5.40. The Morgan fingerprint density at radius 2 is 1.81 bits per heavy atom. The summed E-state index contributed by atoms with van der Waals surface area (Å²) in [6.07, 6.45) is 1.84. The predicted octanol–water partition coefficient (Wildman–Crippen LogP) is 4.57. The number of rotatable bonds is 1. The first-order chi connectivity index (χ1) is 9.84. The fourth-order valence-corrected chi connectivity index (χ4v) is 4.28. The molecule has 1 nitrogen and oxygen atoms in total. The molecule has 1 aromatic carbocycles. The molecule has 1 spiro atoms. The topological polar surface area (TPSA) is 20.2 Å². The second kappa shape index (κ2) is 5.01. The molecule has 2 saturated carbocycles. The van der Waals surface area contributed by atoms with E-state index in [4.69, 9.17) is 0 Å². The molecule has 116 valence electrons. The smallest absolute Gasteiger partial charge is 0.274 e. The molecule has 0 bridgehead atoms. The van der Waals surface area contributed by atoms with Gasteiger partial charge in [-0.3, -0.25) is 0 Å². The van der Waals surface area contributed by atoms with E-state index in [9.17, 15) is 18.3 Å². The first-order valence-corrected chi connectivity index (χ1v) is 7.66. The van der Waals surface area contributed by atoms with Crippen LogP contribution in [-0.4, -0.2) is 17.1 Å². The number of alkyl halides is 2. The van der Waals surface area contributed by atoms with Gasteiger partial charge in [0.1, 0.15) is 11.9 Å². The van der Waals surface area contributed by atoms with Gasteiger partial charge in [-0.05, 0) is 49.3 Å². The van der Waals surface area contributed by atoms with Gasteiger partial charge >= 0.3 is 0 Å². The first kappa shape index (κ1) is 14.9. The lowest BCUT2D eigenvalue weighted by molar-refractivity contribution is -0.192. The summed E-state index contributed by atoms with van der Waals surface area (Å²) in [4.78, 5) is 0. The van der Waals surface area contributed by atoms with Crippen molar-refractivity contribution in [3.63, 3.8) is 0 Å². The molecule has 0 aromatic heterocycles. The summed E-state index contributed by atoms with van der Waals surface area (Å²) in [5.41, 5.74) is 0.600. The highest BCUT2D eigenvalue weighted by molar-refractivity contribution is 5.28. The zero-order valence-electron chi connectivity index (χ0n) is 12.2. The van der Waals surface area contributed by atoms with Crippen molar-refractivity contribution in [1.82, 2.24) is 0 Å². The number of aliphatic hydroxyl groups excluding tert-OH is 1. The van der Waals surface area contributed by atoms with Gasteiger partial charge in [-0.25, -0.2) is 13.2 Å². The van der Waals surface area contributed by atoms with E-state index in [1.165, 1.54) is 6.07 Å². The molecule has 2 aliphatic rings. The van der Waals surface area contributed by atoms with Crippen LogP contribution in [0.25, 0.3) is 0 Å².